The molecule has 1 fully saturated rings. The van der Waals surface area contributed by atoms with Gasteiger partial charge in [-0.1, -0.05) is 90.3 Å². The van der Waals surface area contributed by atoms with Gasteiger partial charge in [0.2, 0.25) is 23.5 Å². The number of carbonyl (C=O) groups excluding carboxylic acids is 6. The SMILES string of the molecule is C=C/C=C\C(C)=C(/C)CN(C)C(=O)CNC(=O)NC(C(=O)N1C[C@H](CC)CC1C(=O)NC(CC(C)CC)C(=O)C(N)=O)C(C)(C)C. The number of ketones is 1. The zero-order valence-electron chi connectivity index (χ0n) is 29.2. The van der Waals surface area contributed by atoms with Crippen LogP contribution in [-0.2, 0) is 24.0 Å². The molecule has 258 valence electrons. The molecular weight excluding hydrogens is 588 g/mol. The van der Waals surface area contributed by atoms with E-state index in [1.165, 1.54) is 9.80 Å². The summed E-state index contributed by atoms with van der Waals surface area (Å²) in [5, 5.41) is 7.97. The summed E-state index contributed by atoms with van der Waals surface area (Å²) < 4.78 is 0. The van der Waals surface area contributed by atoms with Crippen molar-refractivity contribution >= 4 is 35.4 Å². The summed E-state index contributed by atoms with van der Waals surface area (Å²) in [6, 6.07) is -3.72. The van der Waals surface area contributed by atoms with E-state index in [4.69, 9.17) is 5.73 Å². The quantitative estimate of drug-likeness (QED) is 0.149. The van der Waals surface area contributed by atoms with Gasteiger partial charge in [-0.3, -0.25) is 24.0 Å². The van der Waals surface area contributed by atoms with Crippen LogP contribution >= 0.6 is 0 Å². The molecule has 0 radical (unpaired) electrons. The third-order valence-corrected chi connectivity index (χ3v) is 8.61. The number of Topliss-reactive ketones (excluding diaryl/α,β-unsaturated/α-hetero) is 1. The molecule has 12 nitrogen and oxygen atoms in total. The Bertz CT molecular complexity index is 1200. The van der Waals surface area contributed by atoms with Crippen LogP contribution < -0.4 is 21.7 Å². The van der Waals surface area contributed by atoms with E-state index in [-0.39, 0.29) is 30.7 Å². The minimum absolute atomic E-state index is 0.0237. The van der Waals surface area contributed by atoms with Crippen LogP contribution in [0.2, 0.25) is 0 Å². The molecule has 1 heterocycles. The molecule has 1 aliphatic rings. The topological polar surface area (TPSA) is 171 Å². The van der Waals surface area contributed by atoms with E-state index in [1.54, 1.807) is 33.9 Å². The highest BCUT2D eigenvalue weighted by Gasteiger charge is 2.45. The number of urea groups is 1. The first-order chi connectivity index (χ1) is 21.4. The Morgan fingerprint density at radius 3 is 2.24 bits per heavy atom. The van der Waals surface area contributed by atoms with Crippen LogP contribution in [0.3, 0.4) is 0 Å². The Hall–Kier alpha value is -3.96. The number of allylic oxidation sites excluding steroid dienone is 4. The molecular formula is C34H56N6O6. The van der Waals surface area contributed by atoms with Gasteiger partial charge in [0.25, 0.3) is 5.91 Å². The molecule has 6 amide bonds. The second-order valence-corrected chi connectivity index (χ2v) is 13.5. The summed E-state index contributed by atoms with van der Waals surface area (Å²) in [5.41, 5.74) is 6.50. The number of hydrogen-bond acceptors (Lipinski definition) is 6. The zero-order valence-corrected chi connectivity index (χ0v) is 29.2. The Kier molecular flexibility index (Phi) is 15.9. The van der Waals surface area contributed by atoms with E-state index in [0.717, 1.165) is 17.6 Å². The number of likely N-dealkylation sites (N-methyl/N-ethyl adjacent to an activating group) is 1. The summed E-state index contributed by atoms with van der Waals surface area (Å²) >= 11 is 0. The highest BCUT2D eigenvalue weighted by Crippen LogP contribution is 2.30. The maximum absolute atomic E-state index is 14.0. The molecule has 1 aliphatic heterocycles. The number of nitrogens with two attached hydrogens (primary N) is 1. The molecule has 0 aliphatic carbocycles. The van der Waals surface area contributed by atoms with Crippen molar-refractivity contribution in [3.05, 3.63) is 36.0 Å². The van der Waals surface area contributed by atoms with Gasteiger partial charge in [-0.15, -0.1) is 0 Å². The maximum Gasteiger partial charge on any atom is 0.315 e. The summed E-state index contributed by atoms with van der Waals surface area (Å²) in [5.74, 6) is -3.25. The fourth-order valence-electron chi connectivity index (χ4n) is 5.16. The molecule has 1 saturated heterocycles. The molecule has 0 aromatic rings. The molecule has 0 aromatic carbocycles. The van der Waals surface area contributed by atoms with Gasteiger partial charge in [-0.25, -0.2) is 4.79 Å². The van der Waals surface area contributed by atoms with Crippen molar-refractivity contribution in [2.75, 3.05) is 26.7 Å². The van der Waals surface area contributed by atoms with Crippen LogP contribution in [0.25, 0.3) is 0 Å². The summed E-state index contributed by atoms with van der Waals surface area (Å²) in [6.45, 7) is 19.1. The van der Waals surface area contributed by atoms with Gasteiger partial charge in [-0.05, 0) is 43.9 Å². The number of likely N-dealkylation sites (tertiary alicyclic amines) is 1. The van der Waals surface area contributed by atoms with Gasteiger partial charge in [-0.2, -0.15) is 0 Å². The van der Waals surface area contributed by atoms with Gasteiger partial charge in [0.15, 0.2) is 0 Å². The van der Waals surface area contributed by atoms with Gasteiger partial charge < -0.3 is 31.5 Å². The van der Waals surface area contributed by atoms with Crippen LogP contribution in [0.15, 0.2) is 36.0 Å². The van der Waals surface area contributed by atoms with Gasteiger partial charge in [0.05, 0.1) is 12.6 Å². The number of carbonyl (C=O) groups is 6. The lowest BCUT2D eigenvalue weighted by molar-refractivity contribution is -0.143. The average Bonchev–Trinajstić information content (AvgIpc) is 3.44. The number of primary amides is 1. The highest BCUT2D eigenvalue weighted by atomic mass is 16.2. The van der Waals surface area contributed by atoms with Gasteiger partial charge >= 0.3 is 6.03 Å². The highest BCUT2D eigenvalue weighted by molar-refractivity contribution is 6.37. The van der Waals surface area contributed by atoms with Crippen molar-refractivity contribution in [3.8, 4) is 0 Å². The Morgan fingerprint density at radius 2 is 1.72 bits per heavy atom. The number of nitrogens with zero attached hydrogens (tertiary/aromatic N) is 2. The lowest BCUT2D eigenvalue weighted by Crippen LogP contribution is -2.60. The van der Waals surface area contributed by atoms with Crippen LogP contribution in [0.4, 0.5) is 4.79 Å². The van der Waals surface area contributed by atoms with Crippen molar-refractivity contribution in [2.45, 2.75) is 99.2 Å². The fraction of sp³-hybridized carbons (Fsp3) is 0.647. The van der Waals surface area contributed by atoms with Crippen LogP contribution in [0, 0.1) is 17.3 Å². The predicted octanol–water partition coefficient (Wildman–Crippen LogP) is 2.84. The first-order valence-electron chi connectivity index (χ1n) is 16.1. The minimum Gasteiger partial charge on any atom is -0.363 e. The summed E-state index contributed by atoms with van der Waals surface area (Å²) in [4.78, 5) is 80.6. The van der Waals surface area contributed by atoms with Gasteiger partial charge in [0, 0.05) is 20.1 Å². The van der Waals surface area contributed by atoms with Crippen molar-refractivity contribution in [3.63, 3.8) is 0 Å². The van der Waals surface area contributed by atoms with Crippen molar-refractivity contribution < 1.29 is 28.8 Å². The standard InChI is InChI=1S/C34H56N6O6/c1-11-14-15-22(5)23(6)19-39(10)27(41)18-36-33(46)38-29(34(7,8)9)32(45)40-20-24(13-3)17-26(40)31(44)37-25(16-21(4)12-2)28(42)30(35)43/h11,14-15,21,24-26,29H,1,12-13,16-20H2,2-10H3,(H2,35,43)(H,37,44)(H2,36,38,46)/b15-14-,23-22+/t21?,24-,25?,26?,29?/m1/s1. The molecule has 0 saturated carbocycles. The molecule has 5 atom stereocenters. The first kappa shape index (κ1) is 40.1. The predicted molar refractivity (Wildman–Crippen MR) is 179 cm³/mol. The van der Waals surface area contributed by atoms with Crippen molar-refractivity contribution in [2.24, 2.45) is 23.0 Å². The first-order valence-corrected chi connectivity index (χ1v) is 16.1. The molecule has 12 heteroatoms. The Morgan fingerprint density at radius 1 is 1.09 bits per heavy atom. The van der Waals surface area contributed by atoms with Gasteiger partial charge in [0.1, 0.15) is 12.1 Å². The van der Waals surface area contributed by atoms with E-state index in [1.807, 2.05) is 46.8 Å². The number of nitrogens with one attached hydrogen (secondary N) is 3. The lowest BCUT2D eigenvalue weighted by Gasteiger charge is -2.35. The molecule has 0 spiro atoms. The summed E-state index contributed by atoms with van der Waals surface area (Å²) in [6.07, 6.45) is 7.44. The van der Waals surface area contributed by atoms with E-state index in [9.17, 15) is 28.8 Å². The molecule has 5 N–H and O–H groups in total. The van der Waals surface area contributed by atoms with E-state index in [0.29, 0.717) is 25.9 Å². The largest absolute Gasteiger partial charge is 0.363 e. The van der Waals surface area contributed by atoms with Crippen molar-refractivity contribution in [1.82, 2.24) is 25.8 Å². The van der Waals surface area contributed by atoms with Crippen LogP contribution in [0.1, 0.15) is 81.1 Å². The fourth-order valence-corrected chi connectivity index (χ4v) is 5.16. The smallest absolute Gasteiger partial charge is 0.315 e. The normalized spacial score (nSPS) is 19.0. The molecule has 46 heavy (non-hydrogen) atoms. The molecule has 1 rings (SSSR count). The number of amides is 6. The maximum atomic E-state index is 14.0. The molecule has 0 bridgehead atoms. The second-order valence-electron chi connectivity index (χ2n) is 13.5. The average molecular weight is 645 g/mol. The number of rotatable bonds is 16. The summed E-state index contributed by atoms with van der Waals surface area (Å²) in [7, 11) is 1.64. The minimum atomic E-state index is -1.13. The monoisotopic (exact) mass is 644 g/mol. The van der Waals surface area contributed by atoms with Crippen LogP contribution in [0.5, 0.6) is 0 Å². The Balaban J connectivity index is 3.08. The Labute approximate surface area is 274 Å². The third-order valence-electron chi connectivity index (χ3n) is 8.61. The number of hydrogen-bond donors (Lipinski definition) is 4. The van der Waals surface area contributed by atoms with Crippen LogP contribution in [-0.4, -0.2) is 90.1 Å². The third kappa shape index (κ3) is 12.1. The lowest BCUT2D eigenvalue weighted by atomic mass is 9.85. The van der Waals surface area contributed by atoms with Crippen molar-refractivity contribution in [1.29, 1.82) is 0 Å². The van der Waals surface area contributed by atoms with E-state index >= 15 is 0 Å². The molecule has 0 aromatic heterocycles. The second kappa shape index (κ2) is 18.3. The van der Waals surface area contributed by atoms with E-state index < -0.39 is 53.1 Å². The molecule has 4 unspecified atom stereocenters. The van der Waals surface area contributed by atoms with E-state index in [2.05, 4.69) is 22.5 Å². The zero-order chi connectivity index (χ0) is 35.4.